The number of aliphatic hydroxyl groups is 1. The van der Waals surface area contributed by atoms with E-state index < -0.39 is 22.2 Å². The van der Waals surface area contributed by atoms with E-state index in [9.17, 15) is 23.1 Å². The van der Waals surface area contributed by atoms with Gasteiger partial charge in [0, 0.05) is 38.4 Å². The molecule has 0 aliphatic carbocycles. The van der Waals surface area contributed by atoms with Gasteiger partial charge in [-0.25, -0.2) is 8.42 Å². The van der Waals surface area contributed by atoms with Crippen LogP contribution in [-0.2, 0) is 29.1 Å². The Morgan fingerprint density at radius 1 is 1.00 bits per heavy atom. The lowest BCUT2D eigenvalue weighted by Gasteiger charge is -2.30. The summed E-state index contributed by atoms with van der Waals surface area (Å²) in [4.78, 5) is 25.5. The number of nitrogens with zero attached hydrogens (tertiary/aromatic N) is 1. The number of nitrogens with two attached hydrogens (primary N) is 1. The zero-order valence-corrected chi connectivity index (χ0v) is 27.2. The van der Waals surface area contributed by atoms with E-state index in [2.05, 4.69) is 10.6 Å². The summed E-state index contributed by atoms with van der Waals surface area (Å²) in [5, 5.41) is 15.2. The SMILES string of the molecule is COc1ccc(S(=O)(=O)N(CCO)CCO[C@@H]2C[C@H](c3ccccc3)C=C(C(=O)NCCCCC(=O)Nc3ccccc3N)O2)cc1. The third kappa shape index (κ3) is 10.3. The second kappa shape index (κ2) is 17.5. The van der Waals surface area contributed by atoms with Gasteiger partial charge in [-0.1, -0.05) is 42.5 Å². The molecule has 0 unspecified atom stereocenters. The largest absolute Gasteiger partial charge is 0.497 e. The molecule has 0 saturated heterocycles. The number of methoxy groups -OCH3 is 1. The van der Waals surface area contributed by atoms with Gasteiger partial charge in [0.1, 0.15) is 5.75 Å². The molecule has 2 amide bonds. The number of carbonyl (C=O) groups excluding carboxylic acids is 2. The van der Waals surface area contributed by atoms with Crippen molar-refractivity contribution in [3.63, 3.8) is 0 Å². The van der Waals surface area contributed by atoms with Crippen LogP contribution in [0, 0.1) is 0 Å². The Morgan fingerprint density at radius 2 is 1.72 bits per heavy atom. The van der Waals surface area contributed by atoms with Gasteiger partial charge in [0.15, 0.2) is 5.76 Å². The number of amides is 2. The first-order valence-electron chi connectivity index (χ1n) is 15.4. The van der Waals surface area contributed by atoms with Crippen molar-refractivity contribution in [2.75, 3.05) is 51.0 Å². The molecule has 1 heterocycles. The number of rotatable bonds is 17. The Kier molecular flexibility index (Phi) is 13.2. The lowest BCUT2D eigenvalue weighted by atomic mass is 9.93. The number of unbranched alkanes of at least 4 members (excludes halogenated alkanes) is 1. The molecule has 2 atom stereocenters. The molecule has 0 bridgehead atoms. The summed E-state index contributed by atoms with van der Waals surface area (Å²) in [6.45, 7) is -0.231. The molecule has 1 aliphatic heterocycles. The van der Waals surface area contributed by atoms with E-state index >= 15 is 0 Å². The highest BCUT2D eigenvalue weighted by Gasteiger charge is 2.30. The molecule has 0 fully saturated rings. The number of nitrogens with one attached hydrogen (secondary N) is 2. The van der Waals surface area contributed by atoms with Crippen molar-refractivity contribution in [1.29, 1.82) is 0 Å². The minimum Gasteiger partial charge on any atom is -0.497 e. The van der Waals surface area contributed by atoms with Gasteiger partial charge in [-0.15, -0.1) is 0 Å². The molecule has 0 spiro atoms. The van der Waals surface area contributed by atoms with Crippen molar-refractivity contribution in [3.8, 4) is 5.75 Å². The molecular formula is C34H42N4O8S. The van der Waals surface area contributed by atoms with Crippen LogP contribution in [0.1, 0.15) is 37.2 Å². The summed E-state index contributed by atoms with van der Waals surface area (Å²) >= 11 is 0. The predicted octanol–water partition coefficient (Wildman–Crippen LogP) is 3.62. The van der Waals surface area contributed by atoms with Crippen molar-refractivity contribution >= 4 is 33.2 Å². The van der Waals surface area contributed by atoms with Crippen LogP contribution in [0.2, 0.25) is 0 Å². The fraction of sp³-hybridized carbons (Fsp3) is 0.353. The number of ether oxygens (including phenoxy) is 3. The van der Waals surface area contributed by atoms with Crippen LogP contribution in [0.3, 0.4) is 0 Å². The summed E-state index contributed by atoms with van der Waals surface area (Å²) in [6, 6.07) is 22.7. The second-order valence-corrected chi connectivity index (χ2v) is 12.8. The van der Waals surface area contributed by atoms with Gasteiger partial charge >= 0.3 is 0 Å². The third-order valence-electron chi connectivity index (χ3n) is 7.55. The molecule has 13 heteroatoms. The standard InChI is InChI=1S/C34H42N4O8S/c1-44-27-14-16-28(17-15-27)47(42,43)38(19-21-39)20-22-45-33-24-26(25-9-3-2-4-10-25)23-31(46-33)34(41)36-18-8-7-13-32(40)37-30-12-6-5-11-29(30)35/h2-6,9-12,14-17,23,26,33,39H,7-8,13,18-22,24,35H2,1H3,(H,36,41)(H,37,40)/t26-,33+/m1/s1. The highest BCUT2D eigenvalue weighted by atomic mass is 32.2. The lowest BCUT2D eigenvalue weighted by molar-refractivity contribution is -0.146. The molecule has 0 radical (unpaired) electrons. The van der Waals surface area contributed by atoms with Gasteiger partial charge in [-0.2, -0.15) is 4.31 Å². The average Bonchev–Trinajstić information content (AvgIpc) is 3.09. The molecule has 1 aliphatic rings. The van der Waals surface area contributed by atoms with Crippen molar-refractivity contribution in [1.82, 2.24) is 9.62 Å². The third-order valence-corrected chi connectivity index (χ3v) is 9.46. The minimum absolute atomic E-state index is 0.0346. The number of hydrogen-bond acceptors (Lipinski definition) is 9. The number of nitrogen functional groups attached to an aromatic ring is 1. The normalized spacial score (nSPS) is 16.2. The van der Waals surface area contributed by atoms with Gasteiger partial charge in [-0.3, -0.25) is 9.59 Å². The fourth-order valence-electron chi connectivity index (χ4n) is 5.02. The zero-order valence-electron chi connectivity index (χ0n) is 26.3. The van der Waals surface area contributed by atoms with E-state index in [1.807, 2.05) is 30.3 Å². The first-order valence-corrected chi connectivity index (χ1v) is 16.9. The summed E-state index contributed by atoms with van der Waals surface area (Å²) in [5.74, 6) is -0.127. The van der Waals surface area contributed by atoms with Crippen molar-refractivity contribution < 1.29 is 37.3 Å². The molecule has 252 valence electrons. The first-order chi connectivity index (χ1) is 22.7. The number of hydrogen-bond donors (Lipinski definition) is 4. The van der Waals surface area contributed by atoms with E-state index in [0.29, 0.717) is 42.9 Å². The lowest BCUT2D eigenvalue weighted by Crippen LogP contribution is -2.38. The molecule has 5 N–H and O–H groups in total. The Labute approximate surface area is 275 Å². The Hall–Kier alpha value is -4.43. The van der Waals surface area contributed by atoms with Crippen molar-refractivity contribution in [3.05, 3.63) is 96.3 Å². The number of anilines is 2. The Bertz CT molecular complexity index is 1600. The maximum Gasteiger partial charge on any atom is 0.286 e. The van der Waals surface area contributed by atoms with Crippen LogP contribution < -0.4 is 21.1 Å². The summed E-state index contributed by atoms with van der Waals surface area (Å²) in [5.41, 5.74) is 7.91. The van der Waals surface area contributed by atoms with Crippen LogP contribution in [0.5, 0.6) is 5.75 Å². The molecule has 0 saturated carbocycles. The van der Waals surface area contributed by atoms with Gasteiger partial charge < -0.3 is 35.7 Å². The quantitative estimate of drug-likeness (QED) is 0.124. The average molecular weight is 667 g/mol. The predicted molar refractivity (Wildman–Crippen MR) is 178 cm³/mol. The smallest absolute Gasteiger partial charge is 0.286 e. The Morgan fingerprint density at radius 3 is 2.43 bits per heavy atom. The summed E-state index contributed by atoms with van der Waals surface area (Å²) in [7, 11) is -2.42. The minimum atomic E-state index is -3.92. The molecule has 3 aromatic carbocycles. The second-order valence-electron chi connectivity index (χ2n) is 10.9. The number of sulfonamides is 1. The fourth-order valence-corrected chi connectivity index (χ4v) is 6.44. The van der Waals surface area contributed by atoms with Crippen molar-refractivity contribution in [2.24, 2.45) is 0 Å². The maximum absolute atomic E-state index is 13.3. The number of para-hydroxylation sites is 2. The molecule has 4 rings (SSSR count). The van der Waals surface area contributed by atoms with E-state index in [4.69, 9.17) is 19.9 Å². The molecule has 12 nitrogen and oxygen atoms in total. The highest BCUT2D eigenvalue weighted by Crippen LogP contribution is 2.31. The number of allylic oxidation sites excluding steroid dienone is 1. The van der Waals surface area contributed by atoms with Crippen LogP contribution in [0.15, 0.2) is 95.6 Å². The van der Waals surface area contributed by atoms with Gasteiger partial charge in [0.2, 0.25) is 22.2 Å². The molecular weight excluding hydrogens is 624 g/mol. The summed E-state index contributed by atoms with van der Waals surface area (Å²) < 4.78 is 44.7. The maximum atomic E-state index is 13.3. The zero-order chi connectivity index (χ0) is 33.6. The van der Waals surface area contributed by atoms with E-state index in [1.165, 1.54) is 19.2 Å². The number of aliphatic hydroxyl groups excluding tert-OH is 1. The Balaban J connectivity index is 1.31. The highest BCUT2D eigenvalue weighted by molar-refractivity contribution is 7.89. The molecule has 3 aromatic rings. The van der Waals surface area contributed by atoms with Gasteiger partial charge in [-0.05, 0) is 60.9 Å². The van der Waals surface area contributed by atoms with E-state index in [0.717, 1.165) is 9.87 Å². The molecule has 0 aromatic heterocycles. The van der Waals surface area contributed by atoms with Crippen LogP contribution in [0.25, 0.3) is 0 Å². The van der Waals surface area contributed by atoms with E-state index in [1.54, 1.807) is 42.5 Å². The topological polar surface area (TPSA) is 170 Å². The van der Waals surface area contributed by atoms with Crippen LogP contribution in [0.4, 0.5) is 11.4 Å². The molecule has 47 heavy (non-hydrogen) atoms. The van der Waals surface area contributed by atoms with E-state index in [-0.39, 0.29) is 55.2 Å². The number of benzene rings is 3. The monoisotopic (exact) mass is 666 g/mol. The number of carbonyl (C=O) groups is 2. The van der Waals surface area contributed by atoms with Crippen LogP contribution >= 0.6 is 0 Å². The first kappa shape index (κ1) is 35.4. The van der Waals surface area contributed by atoms with Gasteiger partial charge in [0.05, 0.1) is 36.6 Å². The van der Waals surface area contributed by atoms with Gasteiger partial charge in [0.25, 0.3) is 5.91 Å². The summed E-state index contributed by atoms with van der Waals surface area (Å²) in [6.07, 6.45) is 2.75. The van der Waals surface area contributed by atoms with Crippen molar-refractivity contribution in [2.45, 2.75) is 42.8 Å². The van der Waals surface area contributed by atoms with Crippen LogP contribution in [-0.4, -0.2) is 75.9 Å².